The fourth-order valence-electron chi connectivity index (χ4n) is 5.45. The predicted octanol–water partition coefficient (Wildman–Crippen LogP) is 4.75. The molecule has 3 aromatic rings. The van der Waals surface area contributed by atoms with E-state index < -0.39 is 27.9 Å². The Bertz CT molecular complexity index is 1490. The van der Waals surface area contributed by atoms with Crippen molar-refractivity contribution < 1.29 is 27.8 Å². The minimum Gasteiger partial charge on any atom is -0.478 e. The highest BCUT2D eigenvalue weighted by atomic mass is 32.2. The van der Waals surface area contributed by atoms with Gasteiger partial charge in [-0.25, -0.2) is 17.6 Å². The molecule has 0 aromatic heterocycles. The van der Waals surface area contributed by atoms with E-state index >= 15 is 0 Å². The summed E-state index contributed by atoms with van der Waals surface area (Å²) < 4.78 is 41.6. The van der Waals surface area contributed by atoms with Crippen LogP contribution in [0.15, 0.2) is 77.7 Å². The molecule has 1 aliphatic rings. The van der Waals surface area contributed by atoms with Gasteiger partial charge in [0.2, 0.25) is 10.0 Å². The zero-order valence-electron chi connectivity index (χ0n) is 23.5. The molecule has 9 heteroatoms. The minimum atomic E-state index is -3.86. The number of sulfonamides is 1. The standard InChI is InChI=1S/C32H37FN2O5S/c1-32(2,19-22-16-24-6-4-5-7-25(24)17-22)34-20-28(36)21-35(3)41(39,40)29-12-8-23(9-13-29)26-10-14-30(33)27(18-26)11-15-31(37)38/h4-15,18,22,28,34,36H,16-17,19-21H2,1-3H3,(H,37,38)/t28-/m1/s1. The van der Waals surface area contributed by atoms with E-state index in [4.69, 9.17) is 5.11 Å². The number of aliphatic hydroxyl groups is 1. The van der Waals surface area contributed by atoms with Gasteiger partial charge in [-0.2, -0.15) is 4.31 Å². The third kappa shape index (κ3) is 7.89. The van der Waals surface area contributed by atoms with Gasteiger partial charge in [-0.05, 0) is 91.6 Å². The minimum absolute atomic E-state index is 0.0677. The number of benzene rings is 3. The molecule has 3 aromatic carbocycles. The number of nitrogens with one attached hydrogen (secondary N) is 1. The third-order valence-corrected chi connectivity index (χ3v) is 9.35. The van der Waals surface area contributed by atoms with Crippen molar-refractivity contribution in [1.29, 1.82) is 0 Å². The molecule has 0 fully saturated rings. The van der Waals surface area contributed by atoms with Gasteiger partial charge < -0.3 is 15.5 Å². The molecular formula is C32H37FN2O5S. The van der Waals surface area contributed by atoms with Crippen LogP contribution in [-0.4, -0.2) is 60.7 Å². The molecule has 1 aliphatic carbocycles. The van der Waals surface area contributed by atoms with E-state index in [1.165, 1.54) is 48.5 Å². The highest BCUT2D eigenvalue weighted by Crippen LogP contribution is 2.32. The molecule has 0 amide bonds. The zero-order chi connectivity index (χ0) is 29.8. The summed E-state index contributed by atoms with van der Waals surface area (Å²) in [6.07, 6.45) is 4.17. The summed E-state index contributed by atoms with van der Waals surface area (Å²) >= 11 is 0. The Labute approximate surface area is 241 Å². The van der Waals surface area contributed by atoms with Gasteiger partial charge in [0, 0.05) is 37.3 Å². The molecule has 0 saturated carbocycles. The van der Waals surface area contributed by atoms with Crippen LogP contribution < -0.4 is 5.32 Å². The lowest BCUT2D eigenvalue weighted by atomic mass is 9.88. The number of halogens is 1. The first-order chi connectivity index (χ1) is 19.3. The van der Waals surface area contributed by atoms with Gasteiger partial charge in [0.25, 0.3) is 0 Å². The van der Waals surface area contributed by atoms with Crippen LogP contribution in [0.2, 0.25) is 0 Å². The van der Waals surface area contributed by atoms with Gasteiger partial charge in [-0.1, -0.05) is 42.5 Å². The summed E-state index contributed by atoms with van der Waals surface area (Å²) in [5, 5.41) is 22.9. The van der Waals surface area contributed by atoms with Crippen molar-refractivity contribution in [3.05, 3.63) is 95.3 Å². The second-order valence-corrected chi connectivity index (χ2v) is 13.4. The second-order valence-electron chi connectivity index (χ2n) is 11.4. The fraction of sp³-hybridized carbons (Fsp3) is 0.344. The van der Waals surface area contributed by atoms with Crippen molar-refractivity contribution in [3.63, 3.8) is 0 Å². The topological polar surface area (TPSA) is 107 Å². The molecule has 218 valence electrons. The summed E-state index contributed by atoms with van der Waals surface area (Å²) in [7, 11) is -2.42. The lowest BCUT2D eigenvalue weighted by Crippen LogP contribution is -2.47. The van der Waals surface area contributed by atoms with E-state index in [0.717, 1.165) is 29.6 Å². The molecule has 0 unspecified atom stereocenters. The van der Waals surface area contributed by atoms with Gasteiger partial charge in [-0.15, -0.1) is 0 Å². The maximum atomic E-state index is 14.1. The Morgan fingerprint density at radius 1 is 1.07 bits per heavy atom. The number of carboxylic acids is 1. The Balaban J connectivity index is 1.33. The Morgan fingerprint density at radius 2 is 1.68 bits per heavy atom. The van der Waals surface area contributed by atoms with Crippen molar-refractivity contribution in [3.8, 4) is 11.1 Å². The zero-order valence-corrected chi connectivity index (χ0v) is 24.4. The highest BCUT2D eigenvalue weighted by molar-refractivity contribution is 7.89. The Morgan fingerprint density at radius 3 is 2.29 bits per heavy atom. The number of likely N-dealkylation sites (N-methyl/N-ethyl adjacent to an activating group) is 1. The molecule has 3 N–H and O–H groups in total. The van der Waals surface area contributed by atoms with E-state index in [2.05, 4.69) is 43.4 Å². The van der Waals surface area contributed by atoms with Crippen LogP contribution in [-0.2, 0) is 27.7 Å². The number of aliphatic carboxylic acids is 1. The number of carbonyl (C=O) groups is 1. The summed E-state index contributed by atoms with van der Waals surface area (Å²) in [5.74, 6) is -1.22. The molecule has 0 radical (unpaired) electrons. The van der Waals surface area contributed by atoms with Gasteiger partial charge in [-0.3, -0.25) is 0 Å². The van der Waals surface area contributed by atoms with Crippen LogP contribution in [0.3, 0.4) is 0 Å². The molecule has 4 rings (SSSR count). The van der Waals surface area contributed by atoms with Crippen molar-refractivity contribution in [2.75, 3.05) is 20.1 Å². The first-order valence-corrected chi connectivity index (χ1v) is 15.1. The van der Waals surface area contributed by atoms with Crippen LogP contribution in [0.5, 0.6) is 0 Å². The number of hydrogen-bond acceptors (Lipinski definition) is 5. The van der Waals surface area contributed by atoms with E-state index in [9.17, 15) is 22.7 Å². The molecule has 0 heterocycles. The number of fused-ring (bicyclic) bond motifs is 1. The highest BCUT2D eigenvalue weighted by Gasteiger charge is 2.29. The summed E-state index contributed by atoms with van der Waals surface area (Å²) in [4.78, 5) is 10.8. The van der Waals surface area contributed by atoms with Crippen molar-refractivity contribution in [1.82, 2.24) is 9.62 Å². The molecule has 0 spiro atoms. The Kier molecular flexibility index (Phi) is 9.44. The largest absolute Gasteiger partial charge is 0.478 e. The van der Waals surface area contributed by atoms with Gasteiger partial charge in [0.05, 0.1) is 11.0 Å². The lowest BCUT2D eigenvalue weighted by Gasteiger charge is -2.31. The molecule has 7 nitrogen and oxygen atoms in total. The van der Waals surface area contributed by atoms with Gasteiger partial charge >= 0.3 is 5.97 Å². The summed E-state index contributed by atoms with van der Waals surface area (Å²) in [5.41, 5.74) is 3.96. The first kappa shape index (κ1) is 30.6. The molecule has 0 saturated heterocycles. The number of β-amino-alcohol motifs (C(OH)–C–C–N with tert-alkyl or cyclic N) is 1. The fourth-order valence-corrected chi connectivity index (χ4v) is 6.66. The van der Waals surface area contributed by atoms with Crippen LogP contribution >= 0.6 is 0 Å². The maximum Gasteiger partial charge on any atom is 0.328 e. The number of nitrogens with zero attached hydrogens (tertiary/aromatic N) is 1. The summed E-state index contributed by atoms with van der Waals surface area (Å²) in [6, 6.07) is 18.9. The first-order valence-electron chi connectivity index (χ1n) is 13.6. The smallest absolute Gasteiger partial charge is 0.328 e. The number of aliphatic hydroxyl groups excluding tert-OH is 1. The predicted molar refractivity (Wildman–Crippen MR) is 158 cm³/mol. The van der Waals surface area contributed by atoms with Crippen LogP contribution in [0.4, 0.5) is 4.39 Å². The van der Waals surface area contributed by atoms with Gasteiger partial charge in [0.1, 0.15) is 5.82 Å². The van der Waals surface area contributed by atoms with Crippen LogP contribution in [0.25, 0.3) is 17.2 Å². The molecule has 1 atom stereocenters. The average molecular weight is 581 g/mol. The average Bonchev–Trinajstić information content (AvgIpc) is 3.33. The van der Waals surface area contributed by atoms with E-state index in [1.807, 2.05) is 0 Å². The number of rotatable bonds is 12. The molecule has 0 aliphatic heterocycles. The van der Waals surface area contributed by atoms with Crippen molar-refractivity contribution in [2.45, 2.75) is 49.6 Å². The third-order valence-electron chi connectivity index (χ3n) is 7.52. The lowest BCUT2D eigenvalue weighted by molar-refractivity contribution is -0.131. The van der Waals surface area contributed by atoms with Crippen LogP contribution in [0.1, 0.15) is 37.0 Å². The molecule has 41 heavy (non-hydrogen) atoms. The Hall–Kier alpha value is -3.37. The quantitative estimate of drug-likeness (QED) is 0.267. The monoisotopic (exact) mass is 580 g/mol. The number of carboxylic acid groups (broad SMARTS) is 1. The SMILES string of the molecule is CN(C[C@H](O)CNC(C)(C)CC1Cc2ccccc2C1)S(=O)(=O)c1ccc(-c2ccc(F)c(C=CC(=O)O)c2)cc1. The van der Waals surface area contributed by atoms with Gasteiger partial charge in [0.15, 0.2) is 0 Å². The van der Waals surface area contributed by atoms with E-state index in [0.29, 0.717) is 17.0 Å². The van der Waals surface area contributed by atoms with E-state index in [1.54, 1.807) is 18.2 Å². The number of hydrogen-bond donors (Lipinski definition) is 3. The molecular weight excluding hydrogens is 543 g/mol. The normalized spacial score (nSPS) is 15.0. The van der Waals surface area contributed by atoms with E-state index in [-0.39, 0.29) is 29.1 Å². The second kappa shape index (κ2) is 12.7. The van der Waals surface area contributed by atoms with Crippen molar-refractivity contribution >= 4 is 22.1 Å². The maximum absolute atomic E-state index is 14.1. The molecule has 0 bridgehead atoms. The van der Waals surface area contributed by atoms with Crippen LogP contribution in [0, 0.1) is 11.7 Å². The summed E-state index contributed by atoms with van der Waals surface area (Å²) in [6.45, 7) is 4.41. The van der Waals surface area contributed by atoms with Crippen molar-refractivity contribution in [2.24, 2.45) is 5.92 Å².